The summed E-state index contributed by atoms with van der Waals surface area (Å²) in [6.07, 6.45) is 6.59. The van der Waals surface area contributed by atoms with Crippen molar-refractivity contribution in [3.05, 3.63) is 11.6 Å². The van der Waals surface area contributed by atoms with Gasteiger partial charge in [0.25, 0.3) is 0 Å². The Labute approximate surface area is 159 Å². The monoisotopic (exact) mass is 378 g/mol. The van der Waals surface area contributed by atoms with Gasteiger partial charge in [0.15, 0.2) is 5.78 Å². The van der Waals surface area contributed by atoms with Crippen LogP contribution in [0.4, 0.5) is 0 Å². The van der Waals surface area contributed by atoms with E-state index in [1.807, 2.05) is 6.08 Å². The smallest absolute Gasteiger partial charge is 0.302 e. The SMILES string of the molecule is CC[C@]12C[C@H](Cl)[C@H]3[C@@H](CCC4=CC(=O)CC[C@@H]43)[C@@H]1[C@@H](OC(C)=O)CC2=O. The van der Waals surface area contributed by atoms with Crippen molar-refractivity contribution in [1.29, 1.82) is 0 Å². The Kier molecular flexibility index (Phi) is 4.53. The summed E-state index contributed by atoms with van der Waals surface area (Å²) in [6, 6.07) is 0. The number of hydrogen-bond acceptors (Lipinski definition) is 4. The molecular weight excluding hydrogens is 352 g/mol. The Hall–Kier alpha value is -1.16. The van der Waals surface area contributed by atoms with Gasteiger partial charge in [-0.2, -0.15) is 0 Å². The topological polar surface area (TPSA) is 60.4 Å². The molecule has 4 aliphatic rings. The van der Waals surface area contributed by atoms with Gasteiger partial charge in [0.1, 0.15) is 11.9 Å². The summed E-state index contributed by atoms with van der Waals surface area (Å²) in [4.78, 5) is 36.5. The molecule has 3 saturated carbocycles. The number of carbonyl (C=O) groups is 3. The minimum Gasteiger partial charge on any atom is -0.462 e. The molecule has 0 unspecified atom stereocenters. The summed E-state index contributed by atoms with van der Waals surface area (Å²) in [6.45, 7) is 3.49. The van der Waals surface area contributed by atoms with Gasteiger partial charge in [0.05, 0.1) is 0 Å². The molecule has 0 N–H and O–H groups in total. The third-order valence-corrected chi connectivity index (χ3v) is 8.06. The Balaban J connectivity index is 1.73. The molecule has 3 fully saturated rings. The highest BCUT2D eigenvalue weighted by molar-refractivity contribution is 6.21. The Morgan fingerprint density at radius 3 is 2.77 bits per heavy atom. The first-order valence-corrected chi connectivity index (χ1v) is 10.4. The fourth-order valence-electron chi connectivity index (χ4n) is 6.71. The number of allylic oxidation sites excluding steroid dienone is 1. The van der Waals surface area contributed by atoms with Gasteiger partial charge in [-0.15, -0.1) is 11.6 Å². The van der Waals surface area contributed by atoms with Crippen LogP contribution < -0.4 is 0 Å². The van der Waals surface area contributed by atoms with Gasteiger partial charge in [0, 0.05) is 36.5 Å². The number of Topliss-reactive ketones (excluding diaryl/α,β-unsaturated/α-hetero) is 1. The van der Waals surface area contributed by atoms with E-state index < -0.39 is 5.41 Å². The average Bonchev–Trinajstić information content (AvgIpc) is 2.85. The van der Waals surface area contributed by atoms with Crippen LogP contribution in [0.3, 0.4) is 0 Å². The van der Waals surface area contributed by atoms with Crippen LogP contribution in [0.25, 0.3) is 0 Å². The van der Waals surface area contributed by atoms with Gasteiger partial charge in [-0.1, -0.05) is 12.5 Å². The summed E-state index contributed by atoms with van der Waals surface area (Å²) in [5.74, 6) is 1.13. The van der Waals surface area contributed by atoms with Gasteiger partial charge < -0.3 is 4.74 Å². The predicted octanol–water partition coefficient (Wildman–Crippen LogP) is 3.85. The van der Waals surface area contributed by atoms with E-state index in [9.17, 15) is 14.4 Å². The third-order valence-electron chi connectivity index (χ3n) is 7.62. The van der Waals surface area contributed by atoms with Crippen molar-refractivity contribution in [2.75, 3.05) is 0 Å². The average molecular weight is 379 g/mol. The number of carbonyl (C=O) groups excluding carboxylic acids is 3. The van der Waals surface area contributed by atoms with Crippen LogP contribution >= 0.6 is 11.6 Å². The molecule has 4 nitrogen and oxygen atoms in total. The van der Waals surface area contributed by atoms with Crippen molar-refractivity contribution >= 4 is 29.1 Å². The number of rotatable bonds is 2. The van der Waals surface area contributed by atoms with Gasteiger partial charge in [-0.25, -0.2) is 0 Å². The van der Waals surface area contributed by atoms with E-state index in [0.717, 1.165) is 25.7 Å². The molecule has 4 aliphatic carbocycles. The molecule has 0 aromatic rings. The number of alkyl halides is 1. The van der Waals surface area contributed by atoms with Crippen LogP contribution in [0.2, 0.25) is 0 Å². The van der Waals surface area contributed by atoms with Crippen molar-refractivity contribution in [2.45, 2.75) is 70.3 Å². The Bertz CT molecular complexity index is 683. The second kappa shape index (κ2) is 6.47. The predicted molar refractivity (Wildman–Crippen MR) is 97.7 cm³/mol. The summed E-state index contributed by atoms with van der Waals surface area (Å²) < 4.78 is 5.64. The van der Waals surface area contributed by atoms with Gasteiger partial charge >= 0.3 is 5.97 Å². The Morgan fingerprint density at radius 2 is 2.08 bits per heavy atom. The summed E-state index contributed by atoms with van der Waals surface area (Å²) >= 11 is 6.93. The van der Waals surface area contributed by atoms with Gasteiger partial charge in [-0.05, 0) is 55.9 Å². The van der Waals surface area contributed by atoms with Crippen LogP contribution in [-0.4, -0.2) is 29.0 Å². The fraction of sp³-hybridized carbons (Fsp3) is 0.762. The zero-order chi connectivity index (χ0) is 18.6. The molecule has 0 amide bonds. The molecule has 0 bridgehead atoms. The van der Waals surface area contributed by atoms with Crippen molar-refractivity contribution in [1.82, 2.24) is 0 Å². The zero-order valence-corrected chi connectivity index (χ0v) is 16.3. The minimum atomic E-state index is -0.445. The fourth-order valence-corrected chi connectivity index (χ4v) is 7.35. The van der Waals surface area contributed by atoms with E-state index in [1.165, 1.54) is 12.5 Å². The van der Waals surface area contributed by atoms with Crippen molar-refractivity contribution in [3.63, 3.8) is 0 Å². The van der Waals surface area contributed by atoms with Crippen molar-refractivity contribution in [2.24, 2.45) is 29.1 Å². The van der Waals surface area contributed by atoms with E-state index in [2.05, 4.69) is 6.92 Å². The summed E-state index contributed by atoms with van der Waals surface area (Å²) in [7, 11) is 0. The lowest BCUT2D eigenvalue weighted by Crippen LogP contribution is -2.54. The van der Waals surface area contributed by atoms with Crippen LogP contribution in [-0.2, 0) is 19.1 Å². The summed E-state index contributed by atoms with van der Waals surface area (Å²) in [5.41, 5.74) is 0.810. The highest BCUT2D eigenvalue weighted by Gasteiger charge is 2.64. The number of ketones is 2. The van der Waals surface area contributed by atoms with Crippen molar-refractivity contribution in [3.8, 4) is 0 Å². The maximum Gasteiger partial charge on any atom is 0.302 e. The highest BCUT2D eigenvalue weighted by atomic mass is 35.5. The normalized spacial score (nSPS) is 44.7. The van der Waals surface area contributed by atoms with E-state index in [0.29, 0.717) is 25.2 Å². The molecule has 142 valence electrons. The number of esters is 1. The van der Waals surface area contributed by atoms with E-state index in [4.69, 9.17) is 16.3 Å². The number of hydrogen-bond donors (Lipinski definition) is 0. The molecule has 0 aromatic heterocycles. The van der Waals surface area contributed by atoms with Gasteiger partial charge in [-0.3, -0.25) is 14.4 Å². The van der Waals surface area contributed by atoms with Crippen LogP contribution in [0.1, 0.15) is 58.8 Å². The van der Waals surface area contributed by atoms with Gasteiger partial charge in [0.2, 0.25) is 0 Å². The molecule has 0 aliphatic heterocycles. The molecule has 7 atom stereocenters. The van der Waals surface area contributed by atoms with Crippen molar-refractivity contribution < 1.29 is 19.1 Å². The second-order valence-electron chi connectivity index (χ2n) is 8.64. The molecule has 0 saturated heterocycles. The first-order valence-electron chi connectivity index (χ1n) is 9.95. The molecule has 5 heteroatoms. The molecular formula is C21H27ClO4. The molecule has 0 radical (unpaired) electrons. The lowest BCUT2D eigenvalue weighted by Gasteiger charge is -2.55. The van der Waals surface area contributed by atoms with Crippen LogP contribution in [0, 0.1) is 29.1 Å². The van der Waals surface area contributed by atoms with E-state index >= 15 is 0 Å². The third kappa shape index (κ3) is 2.59. The summed E-state index contributed by atoms with van der Waals surface area (Å²) in [5, 5.41) is -0.0573. The van der Waals surface area contributed by atoms with E-state index in [-0.39, 0.29) is 46.8 Å². The lowest BCUT2D eigenvalue weighted by atomic mass is 9.51. The zero-order valence-electron chi connectivity index (χ0n) is 15.5. The molecule has 0 aromatic carbocycles. The first kappa shape index (κ1) is 18.2. The largest absolute Gasteiger partial charge is 0.462 e. The standard InChI is InChI=1S/C21H27ClO4/c1-3-21-10-16(22)19-14-7-5-13(24)8-12(14)4-6-15(19)20(21)17(9-18(21)25)26-11(2)23/h8,14-17,19-20H,3-7,9-10H2,1-2H3/t14-,15+,16-,17-,19+,20+,21+/m0/s1. The number of ether oxygens (including phenoxy) is 1. The number of halogens is 1. The maximum atomic E-state index is 13.0. The minimum absolute atomic E-state index is 0.0573. The number of fused-ring (bicyclic) bond motifs is 5. The molecule has 4 rings (SSSR count). The molecule has 0 spiro atoms. The molecule has 26 heavy (non-hydrogen) atoms. The van der Waals surface area contributed by atoms with Crippen LogP contribution in [0.5, 0.6) is 0 Å². The quantitative estimate of drug-likeness (QED) is 0.541. The second-order valence-corrected chi connectivity index (χ2v) is 9.20. The Morgan fingerprint density at radius 1 is 1.31 bits per heavy atom. The molecule has 0 heterocycles. The van der Waals surface area contributed by atoms with Crippen LogP contribution in [0.15, 0.2) is 11.6 Å². The maximum absolute atomic E-state index is 13.0. The van der Waals surface area contributed by atoms with E-state index in [1.54, 1.807) is 0 Å². The highest BCUT2D eigenvalue weighted by Crippen LogP contribution is 2.63. The first-order chi connectivity index (χ1) is 12.4. The lowest BCUT2D eigenvalue weighted by molar-refractivity contribution is -0.155.